The molecule has 1 fully saturated rings. The molecule has 0 spiro atoms. The second kappa shape index (κ2) is 7.68. The summed E-state index contributed by atoms with van der Waals surface area (Å²) in [6, 6.07) is 14.4. The lowest BCUT2D eigenvalue weighted by Crippen LogP contribution is -2.52. The summed E-state index contributed by atoms with van der Waals surface area (Å²) in [6.07, 6.45) is -0.332. The predicted octanol–water partition coefficient (Wildman–Crippen LogP) is 2.03. The first kappa shape index (κ1) is 18.1. The lowest BCUT2D eigenvalue weighted by atomic mass is 9.92. The molecule has 26 heavy (non-hydrogen) atoms. The van der Waals surface area contributed by atoms with E-state index in [4.69, 9.17) is 9.47 Å². The van der Waals surface area contributed by atoms with Crippen LogP contribution in [0.2, 0.25) is 0 Å². The standard InChI is InChI=1S/C20H21NO5/c1-25-19(23)15-7-3-13(4-8-15)18(21-11-17(22)12-21)14-5-9-16(10-6-14)20(24)26-2/h3-10,17-18,22H,11-12H2,1-2H3. The third kappa shape index (κ3) is 3.61. The second-order valence-corrected chi connectivity index (χ2v) is 6.24. The molecule has 6 nitrogen and oxygen atoms in total. The lowest BCUT2D eigenvalue weighted by Gasteiger charge is -2.42. The number of rotatable bonds is 5. The number of carbonyl (C=O) groups excluding carboxylic acids is 2. The van der Waals surface area contributed by atoms with Crippen molar-refractivity contribution in [2.45, 2.75) is 12.1 Å². The number of aliphatic hydroxyl groups excluding tert-OH is 1. The Morgan fingerprint density at radius 1 is 0.885 bits per heavy atom. The van der Waals surface area contributed by atoms with Crippen molar-refractivity contribution in [3.05, 3.63) is 70.8 Å². The zero-order chi connectivity index (χ0) is 18.7. The summed E-state index contributed by atoms with van der Waals surface area (Å²) < 4.78 is 9.47. The van der Waals surface area contributed by atoms with Gasteiger partial charge in [0.05, 0.1) is 37.5 Å². The molecule has 1 saturated heterocycles. The predicted molar refractivity (Wildman–Crippen MR) is 95.0 cm³/mol. The SMILES string of the molecule is COC(=O)c1ccc(C(c2ccc(C(=O)OC)cc2)N2CC(O)C2)cc1. The summed E-state index contributed by atoms with van der Waals surface area (Å²) >= 11 is 0. The van der Waals surface area contributed by atoms with Crippen LogP contribution in [0.15, 0.2) is 48.5 Å². The van der Waals surface area contributed by atoms with Crippen molar-refractivity contribution in [1.82, 2.24) is 4.90 Å². The third-order valence-electron chi connectivity index (χ3n) is 4.55. The third-order valence-corrected chi connectivity index (χ3v) is 4.55. The van der Waals surface area contributed by atoms with Crippen molar-refractivity contribution in [1.29, 1.82) is 0 Å². The summed E-state index contributed by atoms with van der Waals surface area (Å²) in [5.41, 5.74) is 2.96. The molecule has 1 aliphatic rings. The molecule has 0 atom stereocenters. The number of carbonyl (C=O) groups is 2. The number of hydrogen-bond donors (Lipinski definition) is 1. The Labute approximate surface area is 152 Å². The quantitative estimate of drug-likeness (QED) is 0.827. The fourth-order valence-electron chi connectivity index (χ4n) is 3.15. The normalized spacial score (nSPS) is 14.8. The number of nitrogens with zero attached hydrogens (tertiary/aromatic N) is 1. The number of aliphatic hydroxyl groups is 1. The number of methoxy groups -OCH3 is 2. The first-order chi connectivity index (χ1) is 12.5. The smallest absolute Gasteiger partial charge is 0.337 e. The van der Waals surface area contributed by atoms with E-state index in [1.165, 1.54) is 14.2 Å². The van der Waals surface area contributed by atoms with Gasteiger partial charge in [0.2, 0.25) is 0 Å². The second-order valence-electron chi connectivity index (χ2n) is 6.24. The van der Waals surface area contributed by atoms with Gasteiger partial charge < -0.3 is 14.6 Å². The maximum atomic E-state index is 11.6. The molecule has 1 N–H and O–H groups in total. The van der Waals surface area contributed by atoms with E-state index >= 15 is 0 Å². The molecule has 0 radical (unpaired) electrons. The Morgan fingerprint density at radius 3 is 1.58 bits per heavy atom. The Kier molecular flexibility index (Phi) is 5.35. The molecule has 0 amide bonds. The molecule has 2 aromatic rings. The topological polar surface area (TPSA) is 76.1 Å². The van der Waals surface area contributed by atoms with Gasteiger partial charge in [-0.25, -0.2) is 9.59 Å². The molecule has 1 heterocycles. The first-order valence-electron chi connectivity index (χ1n) is 8.32. The minimum absolute atomic E-state index is 0.0724. The minimum atomic E-state index is -0.380. The van der Waals surface area contributed by atoms with Gasteiger partial charge >= 0.3 is 11.9 Å². The molecular weight excluding hydrogens is 334 g/mol. The van der Waals surface area contributed by atoms with Gasteiger partial charge in [0, 0.05) is 13.1 Å². The molecule has 0 bridgehead atoms. The van der Waals surface area contributed by atoms with E-state index in [2.05, 4.69) is 4.90 Å². The Bertz CT molecular complexity index is 719. The molecular formula is C20H21NO5. The number of esters is 2. The maximum absolute atomic E-state index is 11.6. The highest BCUT2D eigenvalue weighted by Crippen LogP contribution is 2.32. The molecule has 3 rings (SSSR count). The summed E-state index contributed by atoms with van der Waals surface area (Å²) in [7, 11) is 2.70. The monoisotopic (exact) mass is 355 g/mol. The molecule has 136 valence electrons. The van der Waals surface area contributed by atoms with E-state index < -0.39 is 0 Å². The Hall–Kier alpha value is -2.70. The van der Waals surface area contributed by atoms with Crippen LogP contribution in [0.5, 0.6) is 0 Å². The highest BCUT2D eigenvalue weighted by atomic mass is 16.5. The van der Waals surface area contributed by atoms with Crippen LogP contribution in [0.1, 0.15) is 37.9 Å². The number of hydrogen-bond acceptors (Lipinski definition) is 6. The molecule has 0 aromatic heterocycles. The van der Waals surface area contributed by atoms with Crippen LogP contribution in [0.25, 0.3) is 0 Å². The minimum Gasteiger partial charge on any atom is -0.465 e. The fourth-order valence-corrected chi connectivity index (χ4v) is 3.15. The average molecular weight is 355 g/mol. The van der Waals surface area contributed by atoms with Gasteiger partial charge in [-0.1, -0.05) is 24.3 Å². The zero-order valence-corrected chi connectivity index (χ0v) is 14.7. The number of β-amino-alcohol motifs (C(OH)–C–C–N with tert-alkyl or cyclic N) is 1. The number of likely N-dealkylation sites (tertiary alicyclic amines) is 1. The van der Waals surface area contributed by atoms with Gasteiger partial charge in [-0.05, 0) is 35.4 Å². The van der Waals surface area contributed by atoms with Gasteiger partial charge in [0.15, 0.2) is 0 Å². The van der Waals surface area contributed by atoms with E-state index in [9.17, 15) is 14.7 Å². The van der Waals surface area contributed by atoms with Crippen LogP contribution >= 0.6 is 0 Å². The van der Waals surface area contributed by atoms with Gasteiger partial charge in [-0.3, -0.25) is 4.90 Å². The van der Waals surface area contributed by atoms with Crippen LogP contribution in [0.4, 0.5) is 0 Å². The number of ether oxygens (including phenoxy) is 2. The van der Waals surface area contributed by atoms with E-state index in [1.54, 1.807) is 24.3 Å². The van der Waals surface area contributed by atoms with E-state index in [0.29, 0.717) is 24.2 Å². The van der Waals surface area contributed by atoms with Gasteiger partial charge in [0.1, 0.15) is 0 Å². The van der Waals surface area contributed by atoms with Gasteiger partial charge in [0.25, 0.3) is 0 Å². The summed E-state index contributed by atoms with van der Waals surface area (Å²) in [4.78, 5) is 25.4. The molecule has 6 heteroatoms. The number of benzene rings is 2. The molecule has 0 unspecified atom stereocenters. The van der Waals surface area contributed by atoms with Crippen LogP contribution in [0, 0.1) is 0 Å². The Morgan fingerprint density at radius 2 is 1.27 bits per heavy atom. The Balaban J connectivity index is 1.90. The average Bonchev–Trinajstić information content (AvgIpc) is 2.66. The zero-order valence-electron chi connectivity index (χ0n) is 14.7. The lowest BCUT2D eigenvalue weighted by molar-refractivity contribution is -0.0160. The van der Waals surface area contributed by atoms with Crippen molar-refractivity contribution in [3.8, 4) is 0 Å². The van der Waals surface area contributed by atoms with Crippen LogP contribution in [0.3, 0.4) is 0 Å². The van der Waals surface area contributed by atoms with E-state index in [1.807, 2.05) is 24.3 Å². The van der Waals surface area contributed by atoms with Crippen molar-refractivity contribution in [2.75, 3.05) is 27.3 Å². The molecule has 0 saturated carbocycles. The summed E-state index contributed by atoms with van der Waals surface area (Å²) in [6.45, 7) is 1.14. The van der Waals surface area contributed by atoms with Crippen molar-refractivity contribution < 1.29 is 24.2 Å². The van der Waals surface area contributed by atoms with Gasteiger partial charge in [-0.15, -0.1) is 0 Å². The first-order valence-corrected chi connectivity index (χ1v) is 8.32. The van der Waals surface area contributed by atoms with Crippen molar-refractivity contribution in [2.24, 2.45) is 0 Å². The summed E-state index contributed by atoms with van der Waals surface area (Å²) in [5, 5.41) is 9.69. The van der Waals surface area contributed by atoms with E-state index in [0.717, 1.165) is 11.1 Å². The van der Waals surface area contributed by atoms with E-state index in [-0.39, 0.29) is 24.1 Å². The van der Waals surface area contributed by atoms with Crippen molar-refractivity contribution in [3.63, 3.8) is 0 Å². The molecule has 1 aliphatic heterocycles. The highest BCUT2D eigenvalue weighted by Gasteiger charge is 2.33. The van der Waals surface area contributed by atoms with Gasteiger partial charge in [-0.2, -0.15) is 0 Å². The largest absolute Gasteiger partial charge is 0.465 e. The molecule has 2 aromatic carbocycles. The van der Waals surface area contributed by atoms with Crippen LogP contribution in [-0.2, 0) is 9.47 Å². The molecule has 0 aliphatic carbocycles. The maximum Gasteiger partial charge on any atom is 0.337 e. The van der Waals surface area contributed by atoms with Crippen molar-refractivity contribution >= 4 is 11.9 Å². The summed E-state index contributed by atoms with van der Waals surface area (Å²) in [5.74, 6) is -0.759. The highest BCUT2D eigenvalue weighted by molar-refractivity contribution is 5.89. The van der Waals surface area contributed by atoms with Crippen LogP contribution < -0.4 is 0 Å². The van der Waals surface area contributed by atoms with Crippen LogP contribution in [-0.4, -0.2) is 55.4 Å². The fraction of sp³-hybridized carbons (Fsp3) is 0.300.